The third-order valence-corrected chi connectivity index (χ3v) is 6.26. The van der Waals surface area contributed by atoms with E-state index in [0.29, 0.717) is 28.8 Å². The predicted octanol–water partition coefficient (Wildman–Crippen LogP) is 5.77. The van der Waals surface area contributed by atoms with Crippen LogP contribution in [-0.2, 0) is 22.6 Å². The Bertz CT molecular complexity index is 1150. The molecular weight excluding hydrogens is 483 g/mol. The zero-order chi connectivity index (χ0) is 25.4. The number of amides is 2. The van der Waals surface area contributed by atoms with Gasteiger partial charge in [-0.1, -0.05) is 65.7 Å². The van der Waals surface area contributed by atoms with Crippen LogP contribution in [-0.4, -0.2) is 35.9 Å². The number of ether oxygens (including phenoxy) is 1. The molecule has 0 radical (unpaired) electrons. The Kier molecular flexibility index (Phi) is 9.58. The molecule has 0 heterocycles. The van der Waals surface area contributed by atoms with Crippen LogP contribution < -0.4 is 10.1 Å². The van der Waals surface area contributed by atoms with Crippen LogP contribution in [0.3, 0.4) is 0 Å². The number of carbonyl (C=O) groups excluding carboxylic acids is 2. The normalized spacial score (nSPS) is 11.6. The molecule has 3 aromatic carbocycles. The average Bonchev–Trinajstić information content (AvgIpc) is 2.82. The maximum Gasteiger partial charge on any atom is 0.261 e. The lowest BCUT2D eigenvalue weighted by Gasteiger charge is -2.31. The summed E-state index contributed by atoms with van der Waals surface area (Å²) in [4.78, 5) is 28.3. The van der Waals surface area contributed by atoms with Crippen LogP contribution >= 0.6 is 23.2 Å². The van der Waals surface area contributed by atoms with Crippen molar-refractivity contribution in [1.82, 2.24) is 10.2 Å². The molecule has 0 spiro atoms. The SMILES string of the molecule is CCNC(=O)C(Cc1ccccc1)N(Cc1ccc(Cl)c(Cl)c1)C(=O)COc1cc(C)cc(C)c1. The van der Waals surface area contributed by atoms with Gasteiger partial charge in [0, 0.05) is 19.5 Å². The molecule has 3 aromatic rings. The van der Waals surface area contributed by atoms with Crippen LogP contribution in [0.2, 0.25) is 10.0 Å². The monoisotopic (exact) mass is 512 g/mol. The predicted molar refractivity (Wildman–Crippen MR) is 141 cm³/mol. The molecule has 0 aliphatic heterocycles. The first-order valence-corrected chi connectivity index (χ1v) is 12.3. The van der Waals surface area contributed by atoms with Crippen LogP contribution in [0.15, 0.2) is 66.7 Å². The highest BCUT2D eigenvalue weighted by Gasteiger charge is 2.30. The third-order valence-electron chi connectivity index (χ3n) is 5.52. The largest absolute Gasteiger partial charge is 0.484 e. The van der Waals surface area contributed by atoms with Gasteiger partial charge in [-0.15, -0.1) is 0 Å². The minimum atomic E-state index is -0.734. The first-order chi connectivity index (χ1) is 16.8. The maximum atomic E-state index is 13.5. The maximum absolute atomic E-state index is 13.5. The van der Waals surface area contributed by atoms with Crippen LogP contribution in [0.25, 0.3) is 0 Å². The fraction of sp³-hybridized carbons (Fsp3) is 0.286. The lowest BCUT2D eigenvalue weighted by molar-refractivity contribution is -0.142. The molecule has 1 N–H and O–H groups in total. The number of aryl methyl sites for hydroxylation is 2. The summed E-state index contributed by atoms with van der Waals surface area (Å²) in [5, 5.41) is 3.69. The number of carbonyl (C=O) groups is 2. The number of hydrogen-bond acceptors (Lipinski definition) is 3. The highest BCUT2D eigenvalue weighted by molar-refractivity contribution is 6.42. The fourth-order valence-corrected chi connectivity index (χ4v) is 4.25. The van der Waals surface area contributed by atoms with Gasteiger partial charge in [0.25, 0.3) is 5.91 Å². The van der Waals surface area contributed by atoms with E-state index in [1.165, 1.54) is 0 Å². The van der Waals surface area contributed by atoms with Crippen LogP contribution in [0, 0.1) is 13.8 Å². The van der Waals surface area contributed by atoms with E-state index in [9.17, 15) is 9.59 Å². The number of nitrogens with one attached hydrogen (secondary N) is 1. The zero-order valence-electron chi connectivity index (χ0n) is 20.2. The molecule has 35 heavy (non-hydrogen) atoms. The summed E-state index contributed by atoms with van der Waals surface area (Å²) < 4.78 is 5.86. The van der Waals surface area contributed by atoms with E-state index >= 15 is 0 Å². The molecule has 5 nitrogen and oxygen atoms in total. The summed E-state index contributed by atoms with van der Waals surface area (Å²) in [5.41, 5.74) is 3.81. The smallest absolute Gasteiger partial charge is 0.261 e. The Morgan fingerprint density at radius 2 is 1.60 bits per heavy atom. The van der Waals surface area contributed by atoms with E-state index in [1.54, 1.807) is 23.1 Å². The number of halogens is 2. The minimum Gasteiger partial charge on any atom is -0.484 e. The first kappa shape index (κ1) is 26.6. The Balaban J connectivity index is 1.92. The molecule has 0 bridgehead atoms. The van der Waals surface area contributed by atoms with Crippen molar-refractivity contribution < 1.29 is 14.3 Å². The molecule has 1 atom stereocenters. The van der Waals surface area contributed by atoms with Crippen molar-refractivity contribution in [3.63, 3.8) is 0 Å². The van der Waals surface area contributed by atoms with Gasteiger partial charge < -0.3 is 15.0 Å². The van der Waals surface area contributed by atoms with Crippen molar-refractivity contribution >= 4 is 35.0 Å². The average molecular weight is 513 g/mol. The van der Waals surface area contributed by atoms with E-state index in [2.05, 4.69) is 5.32 Å². The quantitative estimate of drug-likeness (QED) is 0.375. The van der Waals surface area contributed by atoms with E-state index in [-0.39, 0.29) is 25.0 Å². The fourth-order valence-electron chi connectivity index (χ4n) is 3.92. The zero-order valence-corrected chi connectivity index (χ0v) is 21.7. The second-order valence-corrected chi connectivity index (χ2v) is 9.30. The topological polar surface area (TPSA) is 58.6 Å². The minimum absolute atomic E-state index is 0.181. The van der Waals surface area contributed by atoms with E-state index in [4.69, 9.17) is 27.9 Å². The molecule has 0 aliphatic carbocycles. The van der Waals surface area contributed by atoms with Gasteiger partial charge in [-0.2, -0.15) is 0 Å². The van der Waals surface area contributed by atoms with Crippen LogP contribution in [0.1, 0.15) is 29.2 Å². The van der Waals surface area contributed by atoms with Gasteiger partial charge in [0.2, 0.25) is 5.91 Å². The molecule has 0 saturated carbocycles. The Hall–Kier alpha value is -3.02. The Morgan fingerprint density at radius 3 is 2.23 bits per heavy atom. The molecule has 0 saturated heterocycles. The summed E-state index contributed by atoms with van der Waals surface area (Å²) in [5.74, 6) is 0.0848. The second-order valence-electron chi connectivity index (χ2n) is 8.48. The van der Waals surface area contributed by atoms with Crippen molar-refractivity contribution in [3.8, 4) is 5.75 Å². The molecule has 0 fully saturated rings. The molecular formula is C28H30Cl2N2O3. The summed E-state index contributed by atoms with van der Waals surface area (Å²) in [6, 6.07) is 19.9. The van der Waals surface area contributed by atoms with Gasteiger partial charge in [0.15, 0.2) is 6.61 Å². The Labute approximate surface area is 217 Å². The summed E-state index contributed by atoms with van der Waals surface area (Å²) in [6.07, 6.45) is 0.364. The molecule has 3 rings (SSSR count). The number of rotatable bonds is 10. The first-order valence-electron chi connectivity index (χ1n) is 11.5. The molecule has 0 aromatic heterocycles. The third kappa shape index (κ3) is 7.74. The van der Waals surface area contributed by atoms with E-state index in [0.717, 1.165) is 22.3 Å². The van der Waals surface area contributed by atoms with Gasteiger partial charge in [-0.3, -0.25) is 9.59 Å². The Morgan fingerprint density at radius 1 is 0.914 bits per heavy atom. The van der Waals surface area contributed by atoms with Crippen molar-refractivity contribution in [1.29, 1.82) is 0 Å². The van der Waals surface area contributed by atoms with E-state index in [1.807, 2.05) is 69.3 Å². The summed E-state index contributed by atoms with van der Waals surface area (Å²) >= 11 is 12.3. The van der Waals surface area contributed by atoms with E-state index < -0.39 is 6.04 Å². The number of hydrogen-bond donors (Lipinski definition) is 1. The molecule has 1 unspecified atom stereocenters. The lowest BCUT2D eigenvalue weighted by Crippen LogP contribution is -2.51. The lowest BCUT2D eigenvalue weighted by atomic mass is 10.0. The highest BCUT2D eigenvalue weighted by atomic mass is 35.5. The molecule has 2 amide bonds. The number of likely N-dealkylation sites (N-methyl/N-ethyl adjacent to an activating group) is 1. The number of benzene rings is 3. The highest BCUT2D eigenvalue weighted by Crippen LogP contribution is 2.24. The van der Waals surface area contributed by atoms with Gasteiger partial charge in [0.05, 0.1) is 10.0 Å². The van der Waals surface area contributed by atoms with Crippen molar-refractivity contribution in [3.05, 3.63) is 99.0 Å². The van der Waals surface area contributed by atoms with Crippen molar-refractivity contribution in [2.24, 2.45) is 0 Å². The molecule has 0 aliphatic rings. The summed E-state index contributed by atoms with van der Waals surface area (Å²) in [6.45, 7) is 6.24. The standard InChI is InChI=1S/C28H30Cl2N2O3/c1-4-31-28(34)26(16-21-8-6-5-7-9-21)32(17-22-10-11-24(29)25(30)15-22)27(33)18-35-23-13-19(2)12-20(3)14-23/h5-15,26H,4,16-18H2,1-3H3,(H,31,34). The second kappa shape index (κ2) is 12.6. The van der Waals surface area contributed by atoms with Crippen molar-refractivity contribution in [2.75, 3.05) is 13.2 Å². The van der Waals surface area contributed by atoms with Gasteiger partial charge in [0.1, 0.15) is 11.8 Å². The molecule has 7 heteroatoms. The molecule has 184 valence electrons. The number of nitrogens with zero attached hydrogens (tertiary/aromatic N) is 1. The van der Waals surface area contributed by atoms with Crippen LogP contribution in [0.5, 0.6) is 5.75 Å². The summed E-state index contributed by atoms with van der Waals surface area (Å²) in [7, 11) is 0. The van der Waals surface area contributed by atoms with Gasteiger partial charge in [-0.05, 0) is 67.3 Å². The van der Waals surface area contributed by atoms with Gasteiger partial charge in [-0.25, -0.2) is 0 Å². The van der Waals surface area contributed by atoms with Crippen molar-refractivity contribution in [2.45, 2.75) is 39.8 Å². The van der Waals surface area contributed by atoms with Crippen LogP contribution in [0.4, 0.5) is 0 Å². The van der Waals surface area contributed by atoms with Gasteiger partial charge >= 0.3 is 0 Å².